The number of rotatable bonds is 4. The average Bonchev–Trinajstić information content (AvgIpc) is 2.73. The van der Waals surface area contributed by atoms with E-state index in [9.17, 15) is 0 Å². The summed E-state index contributed by atoms with van der Waals surface area (Å²) in [6, 6.07) is 0.364. The lowest BCUT2D eigenvalue weighted by molar-refractivity contribution is 0.227. The van der Waals surface area contributed by atoms with Crippen LogP contribution in [0, 0.1) is 11.8 Å². The number of aromatic nitrogens is 2. The molecule has 1 fully saturated rings. The molecule has 1 aromatic heterocycles. The van der Waals surface area contributed by atoms with E-state index in [0.29, 0.717) is 12.0 Å². The van der Waals surface area contributed by atoms with E-state index in [-0.39, 0.29) is 0 Å². The first-order chi connectivity index (χ1) is 8.20. The van der Waals surface area contributed by atoms with Crippen molar-refractivity contribution in [3.05, 3.63) is 18.2 Å². The third-order valence-corrected chi connectivity index (χ3v) is 4.17. The minimum absolute atomic E-state index is 0.364. The van der Waals surface area contributed by atoms with Crippen LogP contribution in [0.3, 0.4) is 0 Å². The second-order valence-electron chi connectivity index (χ2n) is 5.45. The Balaban J connectivity index is 1.95. The zero-order valence-electron chi connectivity index (χ0n) is 10.9. The minimum atomic E-state index is 0.364. The van der Waals surface area contributed by atoms with Crippen LogP contribution in [0.1, 0.15) is 38.4 Å². The van der Waals surface area contributed by atoms with Gasteiger partial charge in [-0.05, 0) is 24.7 Å². The molecule has 1 aliphatic carbocycles. The SMILES string of the molecule is CC1CCC(C(Cc2nccn2C)NN)CC1. The summed E-state index contributed by atoms with van der Waals surface area (Å²) < 4.78 is 2.08. The highest BCUT2D eigenvalue weighted by atomic mass is 15.2. The zero-order chi connectivity index (χ0) is 12.3. The second-order valence-corrected chi connectivity index (χ2v) is 5.45. The highest BCUT2D eigenvalue weighted by molar-refractivity contribution is 4.96. The van der Waals surface area contributed by atoms with Crippen molar-refractivity contribution in [3.8, 4) is 0 Å². The molecule has 0 amide bonds. The topological polar surface area (TPSA) is 55.9 Å². The maximum absolute atomic E-state index is 5.72. The van der Waals surface area contributed by atoms with Crippen LogP contribution in [0.5, 0.6) is 0 Å². The van der Waals surface area contributed by atoms with Gasteiger partial charge in [0.25, 0.3) is 0 Å². The maximum atomic E-state index is 5.72. The predicted molar refractivity (Wildman–Crippen MR) is 69.1 cm³/mol. The van der Waals surface area contributed by atoms with Gasteiger partial charge in [0.1, 0.15) is 5.82 Å². The smallest absolute Gasteiger partial charge is 0.109 e. The summed E-state index contributed by atoms with van der Waals surface area (Å²) >= 11 is 0. The zero-order valence-corrected chi connectivity index (χ0v) is 10.9. The largest absolute Gasteiger partial charge is 0.338 e. The molecule has 0 saturated heterocycles. The Bertz CT molecular complexity index is 339. The van der Waals surface area contributed by atoms with Crippen LogP contribution in [-0.4, -0.2) is 15.6 Å². The van der Waals surface area contributed by atoms with E-state index in [1.807, 2.05) is 19.4 Å². The number of nitrogens with one attached hydrogen (secondary N) is 1. The van der Waals surface area contributed by atoms with Crippen molar-refractivity contribution in [2.45, 2.75) is 45.1 Å². The van der Waals surface area contributed by atoms with E-state index in [1.165, 1.54) is 25.7 Å². The molecule has 1 atom stereocenters. The molecule has 2 rings (SSSR count). The van der Waals surface area contributed by atoms with Crippen molar-refractivity contribution in [1.29, 1.82) is 0 Å². The van der Waals surface area contributed by atoms with Crippen LogP contribution in [0.2, 0.25) is 0 Å². The molecule has 0 spiro atoms. The highest BCUT2D eigenvalue weighted by Gasteiger charge is 2.26. The summed E-state index contributed by atoms with van der Waals surface area (Å²) in [6.45, 7) is 2.35. The van der Waals surface area contributed by atoms with Gasteiger partial charge in [0.2, 0.25) is 0 Å². The van der Waals surface area contributed by atoms with Gasteiger partial charge >= 0.3 is 0 Å². The fourth-order valence-corrected chi connectivity index (χ4v) is 2.84. The van der Waals surface area contributed by atoms with Crippen molar-refractivity contribution < 1.29 is 0 Å². The van der Waals surface area contributed by atoms with Crippen LogP contribution in [-0.2, 0) is 13.5 Å². The molecule has 4 heteroatoms. The third-order valence-electron chi connectivity index (χ3n) is 4.17. The summed E-state index contributed by atoms with van der Waals surface area (Å²) in [7, 11) is 2.04. The summed E-state index contributed by atoms with van der Waals surface area (Å²) in [6.07, 6.45) is 10.0. The molecule has 96 valence electrons. The fraction of sp³-hybridized carbons (Fsp3) is 0.769. The number of imidazole rings is 1. The number of hydrogen-bond acceptors (Lipinski definition) is 3. The highest BCUT2D eigenvalue weighted by Crippen LogP contribution is 2.31. The van der Waals surface area contributed by atoms with Gasteiger partial charge in [0.15, 0.2) is 0 Å². The Hall–Kier alpha value is -0.870. The van der Waals surface area contributed by atoms with Crippen molar-refractivity contribution in [2.75, 3.05) is 0 Å². The maximum Gasteiger partial charge on any atom is 0.109 e. The van der Waals surface area contributed by atoms with E-state index in [1.54, 1.807) is 0 Å². The molecule has 1 unspecified atom stereocenters. The van der Waals surface area contributed by atoms with Crippen LogP contribution in [0.15, 0.2) is 12.4 Å². The first-order valence-electron chi connectivity index (χ1n) is 6.63. The molecule has 0 bridgehead atoms. The standard InChI is InChI=1S/C13H24N4/c1-10-3-5-11(6-4-10)12(16-14)9-13-15-7-8-17(13)2/h7-8,10-12,16H,3-6,9,14H2,1-2H3. The van der Waals surface area contributed by atoms with Gasteiger partial charge in [0.05, 0.1) is 0 Å². The molecular formula is C13H24N4. The van der Waals surface area contributed by atoms with E-state index >= 15 is 0 Å². The van der Waals surface area contributed by atoms with Crippen molar-refractivity contribution in [2.24, 2.45) is 24.7 Å². The molecule has 0 radical (unpaired) electrons. The molecule has 1 aromatic rings. The molecule has 1 aliphatic rings. The Labute approximate surface area is 104 Å². The number of nitrogens with zero attached hydrogens (tertiary/aromatic N) is 2. The Morgan fingerprint density at radius 3 is 2.71 bits per heavy atom. The lowest BCUT2D eigenvalue weighted by Crippen LogP contribution is -2.44. The third kappa shape index (κ3) is 3.07. The summed E-state index contributed by atoms with van der Waals surface area (Å²) in [5.41, 5.74) is 3.00. The van der Waals surface area contributed by atoms with E-state index in [2.05, 4.69) is 21.9 Å². The molecule has 0 aromatic carbocycles. The molecule has 1 saturated carbocycles. The molecule has 4 nitrogen and oxygen atoms in total. The number of nitrogens with two attached hydrogens (primary N) is 1. The van der Waals surface area contributed by atoms with E-state index in [4.69, 9.17) is 5.84 Å². The first kappa shape index (κ1) is 12.6. The predicted octanol–water partition coefficient (Wildman–Crippen LogP) is 1.62. The molecule has 0 aliphatic heterocycles. The van der Waals surface area contributed by atoms with Crippen LogP contribution in [0.25, 0.3) is 0 Å². The van der Waals surface area contributed by atoms with E-state index in [0.717, 1.165) is 18.2 Å². The number of hydrazine groups is 1. The Morgan fingerprint density at radius 1 is 1.47 bits per heavy atom. The van der Waals surface area contributed by atoms with Gasteiger partial charge in [-0.25, -0.2) is 4.98 Å². The van der Waals surface area contributed by atoms with Crippen molar-refractivity contribution >= 4 is 0 Å². The Morgan fingerprint density at radius 2 is 2.18 bits per heavy atom. The summed E-state index contributed by atoms with van der Waals surface area (Å²) in [4.78, 5) is 4.38. The lowest BCUT2D eigenvalue weighted by atomic mass is 9.78. The monoisotopic (exact) mass is 236 g/mol. The molecule has 1 heterocycles. The average molecular weight is 236 g/mol. The van der Waals surface area contributed by atoms with Crippen LogP contribution >= 0.6 is 0 Å². The Kier molecular flexibility index (Phi) is 4.18. The minimum Gasteiger partial charge on any atom is -0.338 e. The van der Waals surface area contributed by atoms with Crippen LogP contribution in [0.4, 0.5) is 0 Å². The summed E-state index contributed by atoms with van der Waals surface area (Å²) in [5.74, 6) is 8.42. The van der Waals surface area contributed by atoms with Crippen molar-refractivity contribution in [1.82, 2.24) is 15.0 Å². The second kappa shape index (κ2) is 5.65. The quantitative estimate of drug-likeness (QED) is 0.617. The van der Waals surface area contributed by atoms with Gasteiger partial charge in [0, 0.05) is 31.9 Å². The normalized spacial score (nSPS) is 27.0. The first-order valence-corrected chi connectivity index (χ1v) is 6.63. The molecular weight excluding hydrogens is 212 g/mol. The van der Waals surface area contributed by atoms with Crippen LogP contribution < -0.4 is 11.3 Å². The molecule has 17 heavy (non-hydrogen) atoms. The lowest BCUT2D eigenvalue weighted by Gasteiger charge is -2.32. The van der Waals surface area contributed by atoms with Gasteiger partial charge in [-0.2, -0.15) is 0 Å². The molecule has 3 N–H and O–H groups in total. The van der Waals surface area contributed by atoms with Gasteiger partial charge < -0.3 is 4.57 Å². The fourth-order valence-electron chi connectivity index (χ4n) is 2.84. The summed E-state index contributed by atoms with van der Waals surface area (Å²) in [5, 5.41) is 0. The number of hydrogen-bond donors (Lipinski definition) is 2. The van der Waals surface area contributed by atoms with Gasteiger partial charge in [-0.15, -0.1) is 0 Å². The number of aryl methyl sites for hydroxylation is 1. The van der Waals surface area contributed by atoms with Crippen molar-refractivity contribution in [3.63, 3.8) is 0 Å². The van der Waals surface area contributed by atoms with E-state index < -0.39 is 0 Å². The van der Waals surface area contributed by atoms with Gasteiger partial charge in [-0.1, -0.05) is 19.8 Å². The van der Waals surface area contributed by atoms with Gasteiger partial charge in [-0.3, -0.25) is 11.3 Å².